The van der Waals surface area contributed by atoms with Gasteiger partial charge in [-0.15, -0.1) is 0 Å². The van der Waals surface area contributed by atoms with Gasteiger partial charge >= 0.3 is 5.97 Å². The van der Waals surface area contributed by atoms with Crippen LogP contribution in [0.25, 0.3) is 0 Å². The summed E-state index contributed by atoms with van der Waals surface area (Å²) in [5.74, 6) is -2.89. The smallest absolute Gasteiger partial charge is 0.326 e. The molecule has 31 heavy (non-hydrogen) atoms. The lowest BCUT2D eigenvalue weighted by Crippen LogP contribution is -2.56. The zero-order chi connectivity index (χ0) is 23.6. The van der Waals surface area contributed by atoms with Crippen LogP contribution in [-0.2, 0) is 24.0 Å². The number of carboxylic acids is 1. The summed E-state index contributed by atoms with van der Waals surface area (Å²) < 4.78 is 0. The number of carbonyl (C=O) groups excluding carboxylic acids is 4. The number of guanidine groups is 1. The van der Waals surface area contributed by atoms with Crippen LogP contribution >= 0.6 is 0 Å². The van der Waals surface area contributed by atoms with E-state index in [-0.39, 0.29) is 18.9 Å². The molecule has 4 atom stereocenters. The summed E-state index contributed by atoms with van der Waals surface area (Å²) in [6, 6.07) is -3.73. The Kier molecular flexibility index (Phi) is 10.2. The normalized spacial score (nSPS) is 18.3. The van der Waals surface area contributed by atoms with E-state index in [1.807, 2.05) is 0 Å². The topological polar surface area (TPSA) is 209 Å². The van der Waals surface area contributed by atoms with Gasteiger partial charge in [-0.05, 0) is 39.5 Å². The summed E-state index contributed by atoms with van der Waals surface area (Å²) in [5.41, 5.74) is 10.4. The van der Waals surface area contributed by atoms with Crippen molar-refractivity contribution in [3.05, 3.63) is 0 Å². The van der Waals surface area contributed by atoms with Gasteiger partial charge in [-0.2, -0.15) is 0 Å². The second-order valence-electron chi connectivity index (χ2n) is 7.27. The van der Waals surface area contributed by atoms with Crippen LogP contribution in [0, 0.1) is 0 Å². The lowest BCUT2D eigenvalue weighted by molar-refractivity contribution is -0.144. The van der Waals surface area contributed by atoms with Gasteiger partial charge in [0.25, 0.3) is 0 Å². The third-order valence-corrected chi connectivity index (χ3v) is 4.84. The average molecular weight is 441 g/mol. The van der Waals surface area contributed by atoms with Crippen LogP contribution in [0.4, 0.5) is 0 Å². The number of hydrogen-bond donors (Lipinski definition) is 6. The molecular weight excluding hydrogens is 410 g/mol. The SMILES string of the molecule is C[C@H](NC=O)C(=O)N[C@@H](C)C(=O)N1CCC[C@H]1C(=O)N[C@@H](CCCN=C(N)N)C(=O)O. The summed E-state index contributed by atoms with van der Waals surface area (Å²) in [5, 5.41) is 16.6. The van der Waals surface area contributed by atoms with Gasteiger partial charge in [0.2, 0.25) is 24.1 Å². The molecule has 0 aromatic rings. The summed E-state index contributed by atoms with van der Waals surface area (Å²) in [4.78, 5) is 64.5. The van der Waals surface area contributed by atoms with Gasteiger partial charge in [0.05, 0.1) is 0 Å². The van der Waals surface area contributed by atoms with Crippen molar-refractivity contribution in [2.45, 2.75) is 63.7 Å². The number of aliphatic imine (C=N–C) groups is 1. The Morgan fingerprint density at radius 3 is 2.45 bits per heavy atom. The standard InChI is InChI=1S/C18H31N7O6/c1-10(22-9-26)14(27)23-11(2)16(29)25-8-4-6-13(25)15(28)24-12(17(30)31)5-3-7-21-18(19)20/h9-13H,3-8H2,1-2H3,(H,22,26)(H,23,27)(H,24,28)(H,30,31)(H4,19,20,21)/t10-,11-,12-,13-/m0/s1. The van der Waals surface area contributed by atoms with Crippen LogP contribution in [0.2, 0.25) is 0 Å². The highest BCUT2D eigenvalue weighted by molar-refractivity contribution is 5.94. The van der Waals surface area contributed by atoms with Crippen LogP contribution in [0.1, 0.15) is 39.5 Å². The molecule has 0 saturated carbocycles. The molecule has 13 nitrogen and oxygen atoms in total. The van der Waals surface area contributed by atoms with Crippen molar-refractivity contribution in [3.63, 3.8) is 0 Å². The minimum absolute atomic E-state index is 0.103. The van der Waals surface area contributed by atoms with Gasteiger partial charge in [-0.3, -0.25) is 24.2 Å². The first kappa shape index (κ1) is 25.7. The fraction of sp³-hybridized carbons (Fsp3) is 0.667. The highest BCUT2D eigenvalue weighted by Crippen LogP contribution is 2.19. The quantitative estimate of drug-likeness (QED) is 0.0806. The third kappa shape index (κ3) is 8.10. The Labute approximate surface area is 180 Å². The van der Waals surface area contributed by atoms with Crippen molar-refractivity contribution in [3.8, 4) is 0 Å². The van der Waals surface area contributed by atoms with Crippen LogP contribution < -0.4 is 27.4 Å². The molecule has 1 heterocycles. The number of hydrogen-bond acceptors (Lipinski definition) is 6. The molecule has 4 amide bonds. The second kappa shape index (κ2) is 12.3. The molecule has 1 aliphatic rings. The van der Waals surface area contributed by atoms with E-state index in [2.05, 4.69) is 20.9 Å². The molecule has 0 radical (unpaired) electrons. The predicted octanol–water partition coefficient (Wildman–Crippen LogP) is -2.76. The highest BCUT2D eigenvalue weighted by Gasteiger charge is 2.37. The van der Waals surface area contributed by atoms with Gasteiger partial charge in [-0.25, -0.2) is 4.79 Å². The van der Waals surface area contributed by atoms with Crippen molar-refractivity contribution < 1.29 is 29.1 Å². The van der Waals surface area contributed by atoms with Gasteiger partial charge in [0.15, 0.2) is 5.96 Å². The Hall–Kier alpha value is -3.38. The summed E-state index contributed by atoms with van der Waals surface area (Å²) >= 11 is 0. The summed E-state index contributed by atoms with van der Waals surface area (Å²) in [7, 11) is 0. The molecule has 8 N–H and O–H groups in total. The lowest BCUT2D eigenvalue weighted by atomic mass is 10.1. The molecule has 1 saturated heterocycles. The number of amides is 4. The van der Waals surface area contributed by atoms with Gasteiger partial charge in [0, 0.05) is 13.1 Å². The van der Waals surface area contributed by atoms with E-state index in [0.717, 1.165) is 0 Å². The molecule has 174 valence electrons. The largest absolute Gasteiger partial charge is 0.480 e. The molecule has 0 spiro atoms. The van der Waals surface area contributed by atoms with Crippen LogP contribution in [0.5, 0.6) is 0 Å². The molecule has 0 aromatic carbocycles. The fourth-order valence-corrected chi connectivity index (χ4v) is 3.16. The Bertz CT molecular complexity index is 710. The van der Waals surface area contributed by atoms with Crippen LogP contribution in [0.15, 0.2) is 4.99 Å². The molecule has 1 aliphatic heterocycles. The molecule has 1 rings (SSSR count). The van der Waals surface area contributed by atoms with Crippen LogP contribution in [0.3, 0.4) is 0 Å². The number of carbonyl (C=O) groups is 5. The Morgan fingerprint density at radius 2 is 1.87 bits per heavy atom. The first-order valence-electron chi connectivity index (χ1n) is 9.97. The zero-order valence-electron chi connectivity index (χ0n) is 17.7. The molecular formula is C18H31N7O6. The van der Waals surface area contributed by atoms with Gasteiger partial charge < -0.3 is 37.4 Å². The van der Waals surface area contributed by atoms with Crippen LogP contribution in [-0.4, -0.2) is 83.3 Å². The van der Waals surface area contributed by atoms with E-state index in [1.54, 1.807) is 0 Å². The first-order valence-corrected chi connectivity index (χ1v) is 9.97. The highest BCUT2D eigenvalue weighted by atomic mass is 16.4. The average Bonchev–Trinajstić information content (AvgIpc) is 3.19. The number of nitrogens with two attached hydrogens (primary N) is 2. The lowest BCUT2D eigenvalue weighted by Gasteiger charge is -2.28. The van der Waals surface area contributed by atoms with E-state index >= 15 is 0 Å². The maximum atomic E-state index is 12.8. The van der Waals surface area contributed by atoms with Gasteiger partial charge in [-0.1, -0.05) is 0 Å². The minimum atomic E-state index is -1.20. The minimum Gasteiger partial charge on any atom is -0.480 e. The number of nitrogens with zero attached hydrogens (tertiary/aromatic N) is 2. The van der Waals surface area contributed by atoms with E-state index in [1.165, 1.54) is 18.7 Å². The third-order valence-electron chi connectivity index (χ3n) is 4.84. The second-order valence-corrected chi connectivity index (χ2v) is 7.27. The van der Waals surface area contributed by atoms with Crippen molar-refractivity contribution >= 4 is 36.1 Å². The van der Waals surface area contributed by atoms with Crippen molar-refractivity contribution in [2.24, 2.45) is 16.5 Å². The van der Waals surface area contributed by atoms with Gasteiger partial charge in [0.1, 0.15) is 24.2 Å². The molecule has 0 aromatic heterocycles. The predicted molar refractivity (Wildman–Crippen MR) is 110 cm³/mol. The monoisotopic (exact) mass is 441 g/mol. The van der Waals surface area contributed by atoms with E-state index in [4.69, 9.17) is 11.5 Å². The maximum Gasteiger partial charge on any atom is 0.326 e. The summed E-state index contributed by atoms with van der Waals surface area (Å²) in [6.45, 7) is 3.48. The maximum absolute atomic E-state index is 12.8. The molecule has 0 unspecified atom stereocenters. The summed E-state index contributed by atoms with van der Waals surface area (Å²) in [6.07, 6.45) is 1.79. The number of likely N-dealkylation sites (tertiary alicyclic amines) is 1. The number of nitrogens with one attached hydrogen (secondary N) is 3. The molecule has 0 bridgehead atoms. The number of rotatable bonds is 12. The first-order chi connectivity index (χ1) is 14.6. The Morgan fingerprint density at radius 1 is 1.19 bits per heavy atom. The molecule has 0 aliphatic carbocycles. The zero-order valence-corrected chi connectivity index (χ0v) is 17.7. The number of aliphatic carboxylic acids is 1. The molecule has 1 fully saturated rings. The van der Waals surface area contributed by atoms with Crippen molar-refractivity contribution in [2.75, 3.05) is 13.1 Å². The van der Waals surface area contributed by atoms with E-state index in [0.29, 0.717) is 32.2 Å². The number of carboxylic acid groups (broad SMARTS) is 1. The Balaban J connectivity index is 2.70. The van der Waals surface area contributed by atoms with E-state index < -0.39 is 47.9 Å². The van der Waals surface area contributed by atoms with E-state index in [9.17, 15) is 29.1 Å². The van der Waals surface area contributed by atoms with Crippen molar-refractivity contribution in [1.82, 2.24) is 20.9 Å². The van der Waals surface area contributed by atoms with Crippen molar-refractivity contribution in [1.29, 1.82) is 0 Å². The fourth-order valence-electron chi connectivity index (χ4n) is 3.16. The molecule has 13 heteroatoms.